The van der Waals surface area contributed by atoms with Crippen molar-refractivity contribution >= 4 is 11.9 Å². The standard InChI is InChI=1S/C12H23N3O3/c1-4-5-13-12(17)14-11(16)8-15-6-9(2)18-10(3)7-15/h9-10H,4-8H2,1-3H3,(H2,13,14,16,17)/p+1/t9-,10-/m1/s1. The second-order valence-electron chi connectivity index (χ2n) is 4.90. The molecule has 3 N–H and O–H groups in total. The third-order valence-corrected chi connectivity index (χ3v) is 2.82. The van der Waals surface area contributed by atoms with Crippen molar-refractivity contribution < 1.29 is 19.2 Å². The highest BCUT2D eigenvalue weighted by Crippen LogP contribution is 1.97. The highest BCUT2D eigenvalue weighted by molar-refractivity contribution is 5.94. The van der Waals surface area contributed by atoms with Crippen LogP contribution in [0.1, 0.15) is 27.2 Å². The van der Waals surface area contributed by atoms with Crippen LogP contribution in [0.5, 0.6) is 0 Å². The summed E-state index contributed by atoms with van der Waals surface area (Å²) in [5.74, 6) is -0.236. The van der Waals surface area contributed by atoms with Gasteiger partial charge in [0, 0.05) is 6.54 Å². The van der Waals surface area contributed by atoms with Gasteiger partial charge < -0.3 is 15.0 Å². The summed E-state index contributed by atoms with van der Waals surface area (Å²) in [7, 11) is 0. The van der Waals surface area contributed by atoms with Crippen molar-refractivity contribution in [1.82, 2.24) is 10.6 Å². The largest absolute Gasteiger partial charge is 0.364 e. The minimum Gasteiger partial charge on any atom is -0.364 e. The molecule has 0 aromatic rings. The molecular formula is C12H24N3O3+. The van der Waals surface area contributed by atoms with E-state index >= 15 is 0 Å². The van der Waals surface area contributed by atoms with E-state index in [0.29, 0.717) is 13.1 Å². The van der Waals surface area contributed by atoms with Crippen LogP contribution in [0.15, 0.2) is 0 Å². The van der Waals surface area contributed by atoms with Gasteiger partial charge in [0.15, 0.2) is 6.54 Å². The van der Waals surface area contributed by atoms with Gasteiger partial charge in [-0.25, -0.2) is 4.79 Å². The normalized spacial score (nSPS) is 27.6. The molecule has 0 bridgehead atoms. The summed E-state index contributed by atoms with van der Waals surface area (Å²) in [6, 6.07) is -0.407. The number of imide groups is 1. The van der Waals surface area contributed by atoms with E-state index in [9.17, 15) is 9.59 Å². The number of amides is 3. The van der Waals surface area contributed by atoms with E-state index in [4.69, 9.17) is 4.74 Å². The van der Waals surface area contributed by atoms with Crippen LogP contribution in [0.25, 0.3) is 0 Å². The molecule has 6 heteroatoms. The van der Waals surface area contributed by atoms with E-state index in [1.165, 1.54) is 0 Å². The van der Waals surface area contributed by atoms with Crippen LogP contribution in [0.3, 0.4) is 0 Å². The van der Waals surface area contributed by atoms with Crippen molar-refractivity contribution in [1.29, 1.82) is 0 Å². The zero-order valence-corrected chi connectivity index (χ0v) is 11.4. The Bertz CT molecular complexity index is 286. The minimum absolute atomic E-state index is 0.158. The lowest BCUT2D eigenvalue weighted by Crippen LogP contribution is -3.16. The lowest BCUT2D eigenvalue weighted by Gasteiger charge is -2.31. The highest BCUT2D eigenvalue weighted by atomic mass is 16.5. The molecule has 3 amide bonds. The Morgan fingerprint density at radius 3 is 2.44 bits per heavy atom. The van der Waals surface area contributed by atoms with Gasteiger partial charge in [0.2, 0.25) is 0 Å². The summed E-state index contributed by atoms with van der Waals surface area (Å²) in [6.45, 7) is 8.46. The first-order valence-corrected chi connectivity index (χ1v) is 6.58. The summed E-state index contributed by atoms with van der Waals surface area (Å²) in [4.78, 5) is 24.1. The van der Waals surface area contributed by atoms with Crippen LogP contribution in [-0.4, -0.2) is 50.3 Å². The SMILES string of the molecule is CCCNC(=O)NC(=O)C[NH+]1C[C@@H](C)O[C@H](C)C1. The fraction of sp³-hybridized carbons (Fsp3) is 0.833. The Labute approximate surface area is 108 Å². The van der Waals surface area contributed by atoms with Gasteiger partial charge in [0.1, 0.15) is 25.3 Å². The number of quaternary nitrogens is 1. The molecular weight excluding hydrogens is 234 g/mol. The van der Waals surface area contributed by atoms with E-state index in [1.54, 1.807) is 0 Å². The molecule has 18 heavy (non-hydrogen) atoms. The first-order valence-electron chi connectivity index (χ1n) is 6.58. The maximum absolute atomic E-state index is 11.7. The number of urea groups is 1. The third kappa shape index (κ3) is 5.46. The van der Waals surface area contributed by atoms with E-state index in [2.05, 4.69) is 10.6 Å². The van der Waals surface area contributed by atoms with Gasteiger partial charge in [-0.2, -0.15) is 0 Å². The molecule has 0 aliphatic carbocycles. The monoisotopic (exact) mass is 258 g/mol. The van der Waals surface area contributed by atoms with Gasteiger partial charge in [-0.3, -0.25) is 10.1 Å². The zero-order chi connectivity index (χ0) is 13.5. The molecule has 1 heterocycles. The number of nitrogens with one attached hydrogen (secondary N) is 3. The van der Waals surface area contributed by atoms with E-state index in [1.807, 2.05) is 20.8 Å². The lowest BCUT2D eigenvalue weighted by atomic mass is 10.2. The van der Waals surface area contributed by atoms with Crippen LogP contribution in [0, 0.1) is 0 Å². The first-order chi connectivity index (χ1) is 8.51. The quantitative estimate of drug-likeness (QED) is 0.600. The molecule has 0 radical (unpaired) electrons. The van der Waals surface area contributed by atoms with E-state index in [0.717, 1.165) is 24.4 Å². The van der Waals surface area contributed by atoms with Gasteiger partial charge >= 0.3 is 6.03 Å². The molecule has 2 atom stereocenters. The molecule has 1 aliphatic rings. The van der Waals surface area contributed by atoms with Crippen LogP contribution < -0.4 is 15.5 Å². The number of ether oxygens (including phenoxy) is 1. The zero-order valence-electron chi connectivity index (χ0n) is 11.4. The molecule has 104 valence electrons. The highest BCUT2D eigenvalue weighted by Gasteiger charge is 2.27. The molecule has 0 aromatic carbocycles. The van der Waals surface area contributed by atoms with Crippen molar-refractivity contribution in [2.24, 2.45) is 0 Å². The van der Waals surface area contributed by atoms with Gasteiger partial charge in [-0.1, -0.05) is 6.92 Å². The van der Waals surface area contributed by atoms with E-state index < -0.39 is 6.03 Å². The Morgan fingerprint density at radius 1 is 1.28 bits per heavy atom. The maximum Gasteiger partial charge on any atom is 0.321 e. The summed E-state index contributed by atoms with van der Waals surface area (Å²) >= 11 is 0. The molecule has 0 aromatic heterocycles. The average molecular weight is 258 g/mol. The molecule has 1 saturated heterocycles. The van der Waals surface area contributed by atoms with Crippen molar-refractivity contribution in [2.75, 3.05) is 26.2 Å². The van der Waals surface area contributed by atoms with E-state index in [-0.39, 0.29) is 18.1 Å². The molecule has 0 spiro atoms. The molecule has 6 nitrogen and oxygen atoms in total. The van der Waals surface area contributed by atoms with Crippen LogP contribution >= 0.6 is 0 Å². The molecule has 1 fully saturated rings. The fourth-order valence-electron chi connectivity index (χ4n) is 2.21. The number of hydrogen-bond acceptors (Lipinski definition) is 3. The summed E-state index contributed by atoms with van der Waals surface area (Å²) in [5.41, 5.74) is 0. The average Bonchev–Trinajstić information content (AvgIpc) is 2.24. The summed E-state index contributed by atoms with van der Waals surface area (Å²) in [5, 5.41) is 4.95. The van der Waals surface area contributed by atoms with Crippen molar-refractivity contribution in [3.63, 3.8) is 0 Å². The van der Waals surface area contributed by atoms with Gasteiger partial charge in [0.25, 0.3) is 5.91 Å². The Kier molecular flexibility index (Phi) is 6.07. The second-order valence-corrected chi connectivity index (χ2v) is 4.90. The van der Waals surface area contributed by atoms with Crippen LogP contribution in [0.2, 0.25) is 0 Å². The number of morpholine rings is 1. The topological polar surface area (TPSA) is 71.9 Å². The van der Waals surface area contributed by atoms with Crippen molar-refractivity contribution in [3.05, 3.63) is 0 Å². The number of carbonyl (C=O) groups excluding carboxylic acids is 2. The Hall–Kier alpha value is -1.14. The number of rotatable bonds is 4. The minimum atomic E-state index is -0.407. The maximum atomic E-state index is 11.7. The predicted octanol–water partition coefficient (Wildman–Crippen LogP) is -1.09. The third-order valence-electron chi connectivity index (χ3n) is 2.82. The van der Waals surface area contributed by atoms with Crippen molar-refractivity contribution in [2.45, 2.75) is 39.4 Å². The lowest BCUT2D eigenvalue weighted by molar-refractivity contribution is -0.907. The van der Waals surface area contributed by atoms with Gasteiger partial charge in [-0.05, 0) is 20.3 Å². The fourth-order valence-corrected chi connectivity index (χ4v) is 2.21. The summed E-state index contributed by atoms with van der Waals surface area (Å²) in [6.07, 6.45) is 1.17. The Morgan fingerprint density at radius 2 is 1.89 bits per heavy atom. The van der Waals surface area contributed by atoms with Gasteiger partial charge in [-0.15, -0.1) is 0 Å². The predicted molar refractivity (Wildman–Crippen MR) is 67.4 cm³/mol. The van der Waals surface area contributed by atoms with Crippen LogP contribution in [0.4, 0.5) is 4.79 Å². The molecule has 0 unspecified atom stereocenters. The van der Waals surface area contributed by atoms with Gasteiger partial charge in [0.05, 0.1) is 0 Å². The Balaban J connectivity index is 2.29. The number of carbonyl (C=O) groups is 2. The first kappa shape index (κ1) is 14.9. The summed E-state index contributed by atoms with van der Waals surface area (Å²) < 4.78 is 5.60. The molecule has 1 aliphatic heterocycles. The van der Waals surface area contributed by atoms with Crippen molar-refractivity contribution in [3.8, 4) is 0 Å². The number of hydrogen-bond donors (Lipinski definition) is 3. The molecule has 0 saturated carbocycles. The smallest absolute Gasteiger partial charge is 0.321 e. The molecule has 1 rings (SSSR count). The second kappa shape index (κ2) is 7.33. The van der Waals surface area contributed by atoms with Crippen LogP contribution in [-0.2, 0) is 9.53 Å².